The number of methoxy groups -OCH3 is 1. The van der Waals surface area contributed by atoms with Crippen LogP contribution in [0.25, 0.3) is 10.9 Å². The number of esters is 1. The Morgan fingerprint density at radius 1 is 1.00 bits per heavy atom. The Kier molecular flexibility index (Phi) is 4.94. The van der Waals surface area contributed by atoms with Crippen LogP contribution in [0.3, 0.4) is 0 Å². The molecule has 0 unspecified atom stereocenters. The Morgan fingerprint density at radius 3 is 2.47 bits per heavy atom. The SMILES string of the molecule is COC(=O)c1ccc([C@@H]2c3[nH]c4ccccc4c3C[C@H]3C(=O)N(C4CCCCC4)C(=O)N23)cc1. The number of aromatic amines is 1. The number of carbonyl (C=O) groups excluding carboxylic acids is 3. The van der Waals surface area contributed by atoms with E-state index in [1.54, 1.807) is 21.9 Å². The molecule has 6 rings (SSSR count). The summed E-state index contributed by atoms with van der Waals surface area (Å²) in [5, 5.41) is 1.09. The number of urea groups is 1. The maximum absolute atomic E-state index is 13.8. The number of benzene rings is 2. The van der Waals surface area contributed by atoms with Crippen LogP contribution >= 0.6 is 0 Å². The fraction of sp³-hybridized carbons (Fsp3) is 0.370. The van der Waals surface area contributed by atoms with Gasteiger partial charge in [0.15, 0.2) is 0 Å². The first-order chi connectivity index (χ1) is 16.6. The summed E-state index contributed by atoms with van der Waals surface area (Å²) in [6.45, 7) is 0. The van der Waals surface area contributed by atoms with Gasteiger partial charge in [0.2, 0.25) is 0 Å². The van der Waals surface area contributed by atoms with Gasteiger partial charge >= 0.3 is 12.0 Å². The van der Waals surface area contributed by atoms with Crippen LogP contribution in [0.2, 0.25) is 0 Å². The molecule has 3 aliphatic rings. The van der Waals surface area contributed by atoms with E-state index in [-0.39, 0.29) is 18.0 Å². The van der Waals surface area contributed by atoms with E-state index < -0.39 is 18.1 Å². The Balaban J connectivity index is 1.48. The molecule has 3 heterocycles. The summed E-state index contributed by atoms with van der Waals surface area (Å²) in [6, 6.07) is 14.0. The van der Waals surface area contributed by atoms with Crippen LogP contribution in [0.5, 0.6) is 0 Å². The highest BCUT2D eigenvalue weighted by Gasteiger charge is 2.54. The van der Waals surface area contributed by atoms with Gasteiger partial charge < -0.3 is 9.72 Å². The van der Waals surface area contributed by atoms with Crippen LogP contribution in [-0.2, 0) is 16.0 Å². The smallest absolute Gasteiger partial charge is 0.337 e. The second-order valence-electron chi connectivity index (χ2n) is 9.49. The zero-order valence-corrected chi connectivity index (χ0v) is 19.1. The minimum atomic E-state index is -0.522. The van der Waals surface area contributed by atoms with Crippen molar-refractivity contribution in [1.82, 2.24) is 14.8 Å². The van der Waals surface area contributed by atoms with Crippen LogP contribution in [0, 0.1) is 0 Å². The number of aromatic nitrogens is 1. The van der Waals surface area contributed by atoms with Gasteiger partial charge in [-0.3, -0.25) is 14.6 Å². The summed E-state index contributed by atoms with van der Waals surface area (Å²) in [6.07, 6.45) is 5.52. The van der Waals surface area contributed by atoms with Gasteiger partial charge in [0.25, 0.3) is 5.91 Å². The minimum absolute atomic E-state index is 0.0169. The van der Waals surface area contributed by atoms with E-state index >= 15 is 0 Å². The van der Waals surface area contributed by atoms with E-state index in [4.69, 9.17) is 4.74 Å². The van der Waals surface area contributed by atoms with Crippen molar-refractivity contribution >= 4 is 28.8 Å². The molecule has 1 saturated heterocycles. The lowest BCUT2D eigenvalue weighted by atomic mass is 9.88. The maximum Gasteiger partial charge on any atom is 0.337 e. The second-order valence-corrected chi connectivity index (χ2v) is 9.49. The molecule has 1 saturated carbocycles. The average Bonchev–Trinajstić information content (AvgIpc) is 3.37. The predicted octanol–water partition coefficient (Wildman–Crippen LogP) is 4.57. The van der Waals surface area contributed by atoms with Gasteiger partial charge in [0, 0.05) is 29.1 Å². The van der Waals surface area contributed by atoms with Crippen molar-refractivity contribution in [2.24, 2.45) is 0 Å². The lowest BCUT2D eigenvalue weighted by Crippen LogP contribution is -2.44. The predicted molar refractivity (Wildman–Crippen MR) is 126 cm³/mol. The quantitative estimate of drug-likeness (QED) is 0.462. The fourth-order valence-corrected chi connectivity index (χ4v) is 6.04. The van der Waals surface area contributed by atoms with Crippen molar-refractivity contribution in [3.8, 4) is 0 Å². The van der Waals surface area contributed by atoms with Gasteiger partial charge in [0.1, 0.15) is 12.1 Å². The van der Waals surface area contributed by atoms with E-state index in [0.717, 1.165) is 59.8 Å². The second kappa shape index (κ2) is 8.01. The number of amides is 3. The number of hydrogen-bond acceptors (Lipinski definition) is 4. The number of rotatable bonds is 3. The van der Waals surface area contributed by atoms with Crippen LogP contribution in [0.15, 0.2) is 48.5 Å². The molecule has 2 atom stereocenters. The summed E-state index contributed by atoms with van der Waals surface area (Å²) in [5.41, 5.74) is 4.33. The first kappa shape index (κ1) is 21.0. The van der Waals surface area contributed by atoms with Crippen LogP contribution < -0.4 is 0 Å². The molecule has 1 aromatic heterocycles. The zero-order chi connectivity index (χ0) is 23.4. The van der Waals surface area contributed by atoms with Crippen LogP contribution in [-0.4, -0.2) is 51.9 Å². The number of ether oxygens (including phenoxy) is 1. The molecule has 2 aromatic carbocycles. The molecule has 34 heavy (non-hydrogen) atoms. The molecule has 3 amide bonds. The molecule has 3 aromatic rings. The zero-order valence-electron chi connectivity index (χ0n) is 19.1. The molecule has 7 heteroatoms. The largest absolute Gasteiger partial charge is 0.465 e. The number of carbonyl (C=O) groups is 3. The van der Waals surface area contributed by atoms with Crippen molar-refractivity contribution in [2.45, 2.75) is 56.7 Å². The summed E-state index contributed by atoms with van der Waals surface area (Å²) < 4.78 is 4.84. The van der Waals surface area contributed by atoms with Gasteiger partial charge in [-0.2, -0.15) is 0 Å². The number of nitrogens with zero attached hydrogens (tertiary/aromatic N) is 2. The van der Waals surface area contributed by atoms with Crippen molar-refractivity contribution < 1.29 is 19.1 Å². The monoisotopic (exact) mass is 457 g/mol. The molecule has 0 radical (unpaired) electrons. The van der Waals surface area contributed by atoms with E-state index in [1.807, 2.05) is 30.3 Å². The van der Waals surface area contributed by atoms with E-state index in [0.29, 0.717) is 12.0 Å². The van der Waals surface area contributed by atoms with Gasteiger partial charge in [-0.1, -0.05) is 49.6 Å². The molecule has 7 nitrogen and oxygen atoms in total. The number of fused-ring (bicyclic) bond motifs is 4. The number of imide groups is 1. The average molecular weight is 458 g/mol. The maximum atomic E-state index is 13.8. The first-order valence-corrected chi connectivity index (χ1v) is 12.0. The number of para-hydroxylation sites is 1. The van der Waals surface area contributed by atoms with E-state index in [2.05, 4.69) is 11.1 Å². The molecule has 1 N–H and O–H groups in total. The highest BCUT2D eigenvalue weighted by Crippen LogP contribution is 2.45. The van der Waals surface area contributed by atoms with Gasteiger partial charge in [-0.15, -0.1) is 0 Å². The Labute approximate surface area is 197 Å². The highest BCUT2D eigenvalue weighted by atomic mass is 16.5. The highest BCUT2D eigenvalue weighted by molar-refractivity contribution is 6.06. The Hall–Kier alpha value is -3.61. The fourth-order valence-electron chi connectivity index (χ4n) is 6.04. The number of hydrogen-bond donors (Lipinski definition) is 1. The van der Waals surface area contributed by atoms with Gasteiger partial charge in [0.05, 0.1) is 12.7 Å². The van der Waals surface area contributed by atoms with Gasteiger partial charge in [-0.25, -0.2) is 9.59 Å². The number of H-pyrrole nitrogens is 1. The topological polar surface area (TPSA) is 82.7 Å². The minimum Gasteiger partial charge on any atom is -0.465 e. The van der Waals surface area contributed by atoms with Crippen LogP contribution in [0.1, 0.15) is 65.3 Å². The normalized spacial score (nSPS) is 22.7. The lowest BCUT2D eigenvalue weighted by molar-refractivity contribution is -0.130. The molecule has 0 spiro atoms. The van der Waals surface area contributed by atoms with Crippen molar-refractivity contribution in [3.05, 3.63) is 70.9 Å². The van der Waals surface area contributed by atoms with Gasteiger partial charge in [-0.05, 0) is 42.2 Å². The third-order valence-electron chi connectivity index (χ3n) is 7.67. The van der Waals surface area contributed by atoms with E-state index in [9.17, 15) is 14.4 Å². The van der Waals surface area contributed by atoms with E-state index in [1.165, 1.54) is 7.11 Å². The number of nitrogens with one attached hydrogen (secondary N) is 1. The Morgan fingerprint density at radius 2 is 1.74 bits per heavy atom. The lowest BCUT2D eigenvalue weighted by Gasteiger charge is -2.36. The van der Waals surface area contributed by atoms with Crippen molar-refractivity contribution in [2.75, 3.05) is 7.11 Å². The molecular formula is C27H27N3O4. The molecule has 0 bridgehead atoms. The standard InChI is InChI=1S/C27H27N3O4/c1-34-26(32)17-13-11-16(12-14-17)24-23-20(19-9-5-6-10-21(19)28-23)15-22-25(31)29(27(33)30(22)24)18-7-3-2-4-8-18/h5-6,9-14,18,22,24,28H,2-4,7-8,15H2,1H3/t22-,24+/m0/s1. The molecule has 1 aliphatic carbocycles. The van der Waals surface area contributed by atoms with Crippen molar-refractivity contribution in [1.29, 1.82) is 0 Å². The first-order valence-electron chi connectivity index (χ1n) is 12.0. The Bertz CT molecular complexity index is 1290. The molecule has 2 fully saturated rings. The van der Waals surface area contributed by atoms with Crippen molar-refractivity contribution in [3.63, 3.8) is 0 Å². The third kappa shape index (κ3) is 3.06. The summed E-state index contributed by atoms with van der Waals surface area (Å²) >= 11 is 0. The molecule has 2 aliphatic heterocycles. The molecular weight excluding hydrogens is 430 g/mol. The third-order valence-corrected chi connectivity index (χ3v) is 7.67. The summed E-state index contributed by atoms with van der Waals surface area (Å²) in [5.74, 6) is -0.487. The van der Waals surface area contributed by atoms with Crippen LogP contribution in [0.4, 0.5) is 4.79 Å². The molecule has 174 valence electrons. The summed E-state index contributed by atoms with van der Waals surface area (Å²) in [7, 11) is 1.35. The summed E-state index contributed by atoms with van der Waals surface area (Å²) in [4.78, 5) is 46.3.